The van der Waals surface area contributed by atoms with E-state index in [1.165, 1.54) is 10.9 Å². The van der Waals surface area contributed by atoms with Gasteiger partial charge in [-0.05, 0) is 31.2 Å². The molecule has 5 heterocycles. The van der Waals surface area contributed by atoms with E-state index in [0.29, 0.717) is 19.5 Å². The molecule has 12 heteroatoms. The number of anilines is 1. The van der Waals surface area contributed by atoms with Gasteiger partial charge in [0, 0.05) is 43.8 Å². The Bertz CT molecular complexity index is 1330. The molecule has 5 rings (SSSR count). The highest BCUT2D eigenvalue weighted by Crippen LogP contribution is 2.31. The Morgan fingerprint density at radius 1 is 1.34 bits per heavy atom. The van der Waals surface area contributed by atoms with E-state index in [4.69, 9.17) is 4.74 Å². The summed E-state index contributed by atoms with van der Waals surface area (Å²) in [5, 5.41) is 9.54. The van der Waals surface area contributed by atoms with Gasteiger partial charge >= 0.3 is 5.97 Å². The van der Waals surface area contributed by atoms with Gasteiger partial charge in [-0.1, -0.05) is 6.92 Å². The summed E-state index contributed by atoms with van der Waals surface area (Å²) >= 11 is 0.982. The number of ketones is 1. The second-order valence-corrected chi connectivity index (χ2v) is 9.85. The summed E-state index contributed by atoms with van der Waals surface area (Å²) in [6, 6.07) is 1.00. The third-order valence-electron chi connectivity index (χ3n) is 6.71. The van der Waals surface area contributed by atoms with Gasteiger partial charge in [-0.2, -0.15) is 4.37 Å². The molecule has 2 unspecified atom stereocenters. The number of aromatic carboxylic acids is 1. The van der Waals surface area contributed by atoms with Gasteiger partial charge in [0.05, 0.1) is 17.4 Å². The van der Waals surface area contributed by atoms with Gasteiger partial charge in [0.15, 0.2) is 17.3 Å². The molecule has 35 heavy (non-hydrogen) atoms. The Labute approximate surface area is 203 Å². The van der Waals surface area contributed by atoms with Crippen molar-refractivity contribution in [3.05, 3.63) is 40.2 Å². The molecule has 0 aliphatic carbocycles. The fraction of sp³-hybridized carbons (Fsp3) is 0.478. The van der Waals surface area contributed by atoms with Gasteiger partial charge in [0.1, 0.15) is 17.7 Å². The zero-order valence-corrected chi connectivity index (χ0v) is 19.8. The van der Waals surface area contributed by atoms with Crippen LogP contribution in [0.3, 0.4) is 0 Å². The summed E-state index contributed by atoms with van der Waals surface area (Å²) < 4.78 is 26.1. The number of ether oxygens (including phenoxy) is 1. The fourth-order valence-electron chi connectivity index (χ4n) is 4.69. The maximum Gasteiger partial charge on any atom is 0.341 e. The van der Waals surface area contributed by atoms with Gasteiger partial charge in [0.2, 0.25) is 10.6 Å². The van der Waals surface area contributed by atoms with Crippen molar-refractivity contribution in [2.45, 2.75) is 38.7 Å². The van der Waals surface area contributed by atoms with Crippen LogP contribution < -0.4 is 10.3 Å². The number of pyridine rings is 2. The first kappa shape index (κ1) is 23.5. The molecular weight excluding hydrogens is 477 g/mol. The molecule has 3 aromatic rings. The molecular formula is C23H24FN5O5S. The number of carboxylic acid groups (broad SMARTS) is 1. The van der Waals surface area contributed by atoms with E-state index in [2.05, 4.69) is 14.3 Å². The summed E-state index contributed by atoms with van der Waals surface area (Å²) in [7, 11) is 0. The molecule has 2 aliphatic rings. The molecule has 0 amide bonds. The number of hydrogen-bond acceptors (Lipinski definition) is 9. The Balaban J connectivity index is 1.39. The van der Waals surface area contributed by atoms with Crippen LogP contribution in [0.5, 0.6) is 0 Å². The van der Waals surface area contributed by atoms with Gasteiger partial charge in [-0.3, -0.25) is 14.2 Å². The van der Waals surface area contributed by atoms with Crippen molar-refractivity contribution in [1.29, 1.82) is 0 Å². The average Bonchev–Trinajstić information content (AvgIpc) is 3.34. The number of halogens is 1. The van der Waals surface area contributed by atoms with Crippen molar-refractivity contribution in [1.82, 2.24) is 18.9 Å². The average molecular weight is 502 g/mol. The van der Waals surface area contributed by atoms with E-state index in [-0.39, 0.29) is 45.7 Å². The van der Waals surface area contributed by atoms with Crippen LogP contribution in [0.25, 0.3) is 16.2 Å². The van der Waals surface area contributed by atoms with Gasteiger partial charge in [-0.15, -0.1) is 0 Å². The number of carbonyl (C=O) groups is 2. The Hall–Kier alpha value is -3.25. The first-order chi connectivity index (χ1) is 16.8. The minimum absolute atomic E-state index is 0.00551. The lowest BCUT2D eigenvalue weighted by Crippen LogP contribution is -2.51. The summed E-state index contributed by atoms with van der Waals surface area (Å²) in [5.41, 5.74) is -1.28. The Morgan fingerprint density at radius 2 is 2.14 bits per heavy atom. The van der Waals surface area contributed by atoms with E-state index in [9.17, 15) is 19.5 Å². The maximum absolute atomic E-state index is 15.0. The maximum atomic E-state index is 15.0. The first-order valence-corrected chi connectivity index (χ1v) is 12.3. The SMILES string of the molecule is CC(CC(=O)C1CN(c2nc3c(cc2F)c(=O)c(C(=O)O)cn3-c2ncns2)C1)C1CCCCO1. The van der Waals surface area contributed by atoms with Crippen LogP contribution in [-0.4, -0.2) is 61.6 Å². The molecule has 2 atom stereocenters. The molecule has 2 saturated heterocycles. The zero-order valence-electron chi connectivity index (χ0n) is 19.0. The number of hydrogen-bond donors (Lipinski definition) is 1. The third-order valence-corrected chi connectivity index (χ3v) is 7.37. The number of fused-ring (bicyclic) bond motifs is 1. The molecule has 0 radical (unpaired) electrons. The summed E-state index contributed by atoms with van der Waals surface area (Å²) in [5.74, 6) is -2.14. The summed E-state index contributed by atoms with van der Waals surface area (Å²) in [4.78, 5) is 47.1. The summed E-state index contributed by atoms with van der Waals surface area (Å²) in [6.45, 7) is 3.42. The van der Waals surface area contributed by atoms with Gasteiger partial charge in [0.25, 0.3) is 0 Å². The van der Waals surface area contributed by atoms with Crippen molar-refractivity contribution in [3.63, 3.8) is 0 Å². The smallest absolute Gasteiger partial charge is 0.341 e. The van der Waals surface area contributed by atoms with Crippen molar-refractivity contribution in [2.75, 3.05) is 24.6 Å². The second-order valence-electron chi connectivity index (χ2n) is 9.09. The van der Waals surface area contributed by atoms with Crippen molar-refractivity contribution in [2.24, 2.45) is 11.8 Å². The predicted octanol–water partition coefficient (Wildman–Crippen LogP) is 2.68. The molecule has 0 bridgehead atoms. The Morgan fingerprint density at radius 3 is 2.80 bits per heavy atom. The number of carbonyl (C=O) groups excluding carboxylic acids is 1. The molecule has 2 fully saturated rings. The van der Waals surface area contributed by atoms with Crippen LogP contribution in [0, 0.1) is 17.7 Å². The van der Waals surface area contributed by atoms with Crippen molar-refractivity contribution < 1.29 is 23.8 Å². The van der Waals surface area contributed by atoms with E-state index in [0.717, 1.165) is 49.7 Å². The highest BCUT2D eigenvalue weighted by atomic mass is 32.1. The molecule has 1 N–H and O–H groups in total. The fourth-order valence-corrected chi connectivity index (χ4v) is 5.20. The van der Waals surface area contributed by atoms with Crippen LogP contribution in [0.1, 0.15) is 43.0 Å². The van der Waals surface area contributed by atoms with Crippen molar-refractivity contribution in [3.8, 4) is 5.13 Å². The zero-order chi connectivity index (χ0) is 24.7. The second kappa shape index (κ2) is 9.42. The molecule has 10 nitrogen and oxygen atoms in total. The normalized spacial score (nSPS) is 19.5. The van der Waals surface area contributed by atoms with Crippen LogP contribution >= 0.6 is 11.5 Å². The molecule has 0 aromatic carbocycles. The van der Waals surface area contributed by atoms with E-state index in [1.54, 1.807) is 4.90 Å². The van der Waals surface area contributed by atoms with Gasteiger partial charge in [-0.25, -0.2) is 19.2 Å². The lowest BCUT2D eigenvalue weighted by atomic mass is 9.86. The van der Waals surface area contributed by atoms with Gasteiger partial charge < -0.3 is 14.7 Å². The lowest BCUT2D eigenvalue weighted by molar-refractivity contribution is -0.126. The molecule has 0 spiro atoms. The van der Waals surface area contributed by atoms with Crippen molar-refractivity contribution >= 4 is 40.1 Å². The predicted molar refractivity (Wildman–Crippen MR) is 126 cm³/mol. The minimum atomic E-state index is -1.43. The van der Waals surface area contributed by atoms with Crippen LogP contribution in [0.4, 0.5) is 10.2 Å². The van der Waals surface area contributed by atoms with E-state index >= 15 is 4.39 Å². The standard InChI is InChI=1S/C23H24FN5O5S/c1-12(18-4-2-3-5-34-18)6-17(30)13-8-28(9-13)21-16(24)7-14-19(31)15(22(32)33)10-29(20(14)27-21)23-25-11-26-35-23/h7,10-13,18H,2-6,8-9H2,1H3,(H,32,33). The lowest BCUT2D eigenvalue weighted by Gasteiger charge is -2.40. The number of nitrogens with zero attached hydrogens (tertiary/aromatic N) is 5. The largest absolute Gasteiger partial charge is 0.477 e. The van der Waals surface area contributed by atoms with E-state index in [1.807, 2.05) is 6.92 Å². The number of carboxylic acids is 1. The molecule has 2 aliphatic heterocycles. The summed E-state index contributed by atoms with van der Waals surface area (Å²) in [6.07, 6.45) is 6.09. The van der Waals surface area contributed by atoms with Crippen LogP contribution in [-0.2, 0) is 9.53 Å². The third kappa shape index (κ3) is 4.43. The highest BCUT2D eigenvalue weighted by molar-refractivity contribution is 7.08. The quantitative estimate of drug-likeness (QED) is 0.520. The number of Topliss-reactive ketones (excluding diaryl/α,β-unsaturated/α-hetero) is 1. The van der Waals surface area contributed by atoms with Crippen LogP contribution in [0.2, 0.25) is 0 Å². The topological polar surface area (TPSA) is 128 Å². The first-order valence-electron chi connectivity index (χ1n) is 11.5. The molecule has 0 saturated carbocycles. The Kier molecular flexibility index (Phi) is 6.32. The number of rotatable bonds is 7. The molecule has 184 valence electrons. The molecule has 3 aromatic heterocycles. The van der Waals surface area contributed by atoms with E-state index < -0.39 is 22.8 Å². The monoisotopic (exact) mass is 501 g/mol. The minimum Gasteiger partial charge on any atom is -0.477 e. The number of aromatic nitrogens is 4. The van der Waals surface area contributed by atoms with Crippen LogP contribution in [0.15, 0.2) is 23.4 Å². The highest BCUT2D eigenvalue weighted by Gasteiger charge is 2.36.